The number of piperidine rings is 1. The Morgan fingerprint density at radius 2 is 2.00 bits per heavy atom. The average Bonchev–Trinajstić information content (AvgIpc) is 2.89. The maximum absolute atomic E-state index is 14.1. The Morgan fingerprint density at radius 1 is 1.22 bits per heavy atom. The van der Waals surface area contributed by atoms with Crippen molar-refractivity contribution in [2.75, 3.05) is 36.6 Å². The van der Waals surface area contributed by atoms with Crippen LogP contribution >= 0.6 is 0 Å². The van der Waals surface area contributed by atoms with Gasteiger partial charge in [-0.15, -0.1) is 0 Å². The number of hydrogen-bond donors (Lipinski definition) is 5. The number of benzene rings is 2. The van der Waals surface area contributed by atoms with Crippen molar-refractivity contribution in [1.29, 1.82) is 0 Å². The van der Waals surface area contributed by atoms with E-state index in [0.29, 0.717) is 23.0 Å². The van der Waals surface area contributed by atoms with Crippen LogP contribution in [0.25, 0.3) is 5.69 Å². The number of pyridine rings is 1. The van der Waals surface area contributed by atoms with Gasteiger partial charge in [-0.3, -0.25) is 14.2 Å². The number of primary amides is 1. The largest absolute Gasteiger partial charge is 0.495 e. The number of carbonyl (C=O) groups excluding carboxylic acids is 1. The third-order valence-corrected chi connectivity index (χ3v) is 6.71. The fraction of sp³-hybridized carbons (Fsp3) is 0.269. The first kappa shape index (κ1) is 24.3. The van der Waals surface area contributed by atoms with E-state index in [1.165, 1.54) is 34.5 Å². The number of ether oxygens (including phenoxy) is 1. The summed E-state index contributed by atoms with van der Waals surface area (Å²) in [5.41, 5.74) is 12.9. The van der Waals surface area contributed by atoms with Gasteiger partial charge >= 0.3 is 0 Å². The molecule has 3 heterocycles. The smallest absolute Gasteiger partial charge is 0.256 e. The van der Waals surface area contributed by atoms with Crippen LogP contribution in [0.1, 0.15) is 40.2 Å². The van der Waals surface area contributed by atoms with E-state index >= 15 is 0 Å². The van der Waals surface area contributed by atoms with Gasteiger partial charge in [-0.05, 0) is 67.7 Å². The number of hydrogen-bond acceptors (Lipinski definition) is 8. The molecule has 0 spiro atoms. The second-order valence-corrected chi connectivity index (χ2v) is 8.98. The minimum absolute atomic E-state index is 0.0820. The number of methoxy groups -OCH3 is 1. The number of rotatable bonds is 6. The molecule has 1 saturated heterocycles. The molecule has 0 aliphatic carbocycles. The van der Waals surface area contributed by atoms with Gasteiger partial charge in [0.15, 0.2) is 6.29 Å². The van der Waals surface area contributed by atoms with Crippen LogP contribution in [-0.2, 0) is 0 Å². The first-order valence-electron chi connectivity index (χ1n) is 12.0. The van der Waals surface area contributed by atoms with E-state index in [1.54, 1.807) is 13.2 Å². The normalized spacial score (nSPS) is 17.1. The highest BCUT2D eigenvalue weighted by Gasteiger charge is 2.28. The van der Waals surface area contributed by atoms with Crippen LogP contribution in [0.5, 0.6) is 5.75 Å². The number of nitrogen functional groups attached to an aromatic ring is 1. The maximum Gasteiger partial charge on any atom is 0.256 e. The lowest BCUT2D eigenvalue weighted by molar-refractivity contribution is 0.0999. The second-order valence-electron chi connectivity index (χ2n) is 8.98. The van der Waals surface area contributed by atoms with E-state index < -0.39 is 29.0 Å². The van der Waals surface area contributed by atoms with Crippen LogP contribution in [0, 0.1) is 5.82 Å². The molecule has 0 saturated carbocycles. The summed E-state index contributed by atoms with van der Waals surface area (Å²) in [6.45, 7) is 1.97. The molecule has 1 aromatic heterocycles. The molecule has 37 heavy (non-hydrogen) atoms. The minimum atomic E-state index is -0.984. The van der Waals surface area contributed by atoms with Crippen LogP contribution in [-0.4, -0.2) is 43.2 Å². The summed E-state index contributed by atoms with van der Waals surface area (Å²) in [6.07, 6.45) is 2.76. The molecule has 192 valence electrons. The molecule has 1 atom stereocenters. The van der Waals surface area contributed by atoms with Gasteiger partial charge in [0.1, 0.15) is 28.8 Å². The molecule has 3 aromatic rings. The third kappa shape index (κ3) is 4.60. The van der Waals surface area contributed by atoms with Crippen LogP contribution < -0.4 is 37.6 Å². The highest BCUT2D eigenvalue weighted by atomic mass is 19.1. The number of halogens is 1. The van der Waals surface area contributed by atoms with Gasteiger partial charge in [-0.2, -0.15) is 0 Å². The molecule has 0 radical (unpaired) electrons. The number of nitrogens with zero attached hydrogens (tertiary/aromatic N) is 2. The first-order valence-corrected chi connectivity index (χ1v) is 12.0. The number of carbonyl (C=O) groups is 1. The number of nitrogens with one attached hydrogen (secondary N) is 3. The van der Waals surface area contributed by atoms with E-state index in [-0.39, 0.29) is 17.2 Å². The predicted octanol–water partition coefficient (Wildman–Crippen LogP) is 2.37. The van der Waals surface area contributed by atoms with Crippen molar-refractivity contribution in [3.63, 3.8) is 0 Å². The van der Waals surface area contributed by atoms with Gasteiger partial charge in [0.05, 0.1) is 24.0 Å². The lowest BCUT2D eigenvalue weighted by Crippen LogP contribution is -2.37. The van der Waals surface area contributed by atoms with Crippen LogP contribution in [0.2, 0.25) is 0 Å². The van der Waals surface area contributed by atoms with Gasteiger partial charge in [0.25, 0.3) is 5.91 Å². The number of nitrogens with two attached hydrogens (primary N) is 2. The SMILES string of the molecule is COc1cc(C2CCNCC2)ccc1NC1N=Cc2c(n(-c3cccc(F)c3)c(N)c(C(N)=O)c2=O)N1. The Bertz CT molecular complexity index is 1450. The molecule has 5 rings (SSSR count). The predicted molar refractivity (Wildman–Crippen MR) is 141 cm³/mol. The number of fused-ring (bicyclic) bond motifs is 1. The fourth-order valence-corrected chi connectivity index (χ4v) is 4.87. The summed E-state index contributed by atoms with van der Waals surface area (Å²) in [4.78, 5) is 29.5. The van der Waals surface area contributed by atoms with E-state index in [0.717, 1.165) is 25.9 Å². The number of aromatic nitrogens is 1. The van der Waals surface area contributed by atoms with Crippen LogP contribution in [0.15, 0.2) is 52.3 Å². The standard InChI is InChI=1S/C26H28FN7O3/c1-37-20-11-15(14-7-9-30-10-8-14)5-6-19(20)32-26-31-13-18-22(35)21(24(29)36)23(28)34(25(18)33-26)17-4-2-3-16(27)12-17/h2-6,11-14,26,30,32-33H,7-10,28H2,1H3,(H2,29,36). The molecular weight excluding hydrogens is 477 g/mol. The van der Waals surface area contributed by atoms with E-state index in [9.17, 15) is 14.0 Å². The summed E-state index contributed by atoms with van der Waals surface area (Å²) in [7, 11) is 1.60. The van der Waals surface area contributed by atoms with E-state index in [4.69, 9.17) is 16.2 Å². The Kier molecular flexibility index (Phi) is 6.53. The number of anilines is 3. The molecule has 2 aliphatic heterocycles. The molecule has 11 heteroatoms. The molecule has 2 aliphatic rings. The molecule has 2 aromatic carbocycles. The van der Waals surface area contributed by atoms with Gasteiger partial charge in [0.2, 0.25) is 5.43 Å². The molecule has 7 N–H and O–H groups in total. The van der Waals surface area contributed by atoms with E-state index in [1.807, 2.05) is 12.1 Å². The van der Waals surface area contributed by atoms with Crippen molar-refractivity contribution in [2.24, 2.45) is 10.7 Å². The zero-order chi connectivity index (χ0) is 26.1. The van der Waals surface area contributed by atoms with Crippen molar-refractivity contribution in [2.45, 2.75) is 25.0 Å². The van der Waals surface area contributed by atoms with Gasteiger partial charge in [-0.25, -0.2) is 9.38 Å². The summed E-state index contributed by atoms with van der Waals surface area (Å²) >= 11 is 0. The number of aliphatic imine (C=N–C) groups is 1. The summed E-state index contributed by atoms with van der Waals surface area (Å²) in [6, 6.07) is 11.7. The van der Waals surface area contributed by atoms with Crippen molar-refractivity contribution in [1.82, 2.24) is 9.88 Å². The monoisotopic (exact) mass is 505 g/mol. The van der Waals surface area contributed by atoms with Crippen LogP contribution in [0.4, 0.5) is 21.7 Å². The van der Waals surface area contributed by atoms with Crippen molar-refractivity contribution in [3.05, 3.63) is 75.2 Å². The first-order chi connectivity index (χ1) is 17.9. The Hall–Kier alpha value is -4.38. The number of amides is 1. The molecular formula is C26H28FN7O3. The lowest BCUT2D eigenvalue weighted by atomic mass is 9.90. The molecule has 1 unspecified atom stereocenters. The quantitative estimate of drug-likeness (QED) is 0.345. The lowest BCUT2D eigenvalue weighted by Gasteiger charge is -2.28. The molecule has 1 amide bonds. The van der Waals surface area contributed by atoms with Gasteiger partial charge < -0.3 is 32.2 Å². The highest BCUT2D eigenvalue weighted by molar-refractivity contribution is 6.01. The van der Waals surface area contributed by atoms with Gasteiger partial charge in [0, 0.05) is 6.21 Å². The molecule has 10 nitrogen and oxygen atoms in total. The van der Waals surface area contributed by atoms with Crippen LogP contribution in [0.3, 0.4) is 0 Å². The fourth-order valence-electron chi connectivity index (χ4n) is 4.87. The summed E-state index contributed by atoms with van der Waals surface area (Å²) in [5.74, 6) is -0.330. The molecule has 1 fully saturated rings. The van der Waals surface area contributed by atoms with Crippen molar-refractivity contribution < 1.29 is 13.9 Å². The molecule has 0 bridgehead atoms. The Morgan fingerprint density at radius 3 is 2.70 bits per heavy atom. The second kappa shape index (κ2) is 9.94. The Balaban J connectivity index is 1.51. The maximum atomic E-state index is 14.1. The third-order valence-electron chi connectivity index (χ3n) is 6.71. The van der Waals surface area contributed by atoms with E-state index in [2.05, 4.69) is 27.0 Å². The average molecular weight is 506 g/mol. The summed E-state index contributed by atoms with van der Waals surface area (Å²) in [5, 5.41) is 9.79. The topological polar surface area (TPSA) is 149 Å². The summed E-state index contributed by atoms with van der Waals surface area (Å²) < 4.78 is 21.1. The Labute approximate surface area is 212 Å². The highest BCUT2D eigenvalue weighted by Crippen LogP contribution is 2.34. The zero-order valence-corrected chi connectivity index (χ0v) is 20.3. The van der Waals surface area contributed by atoms with Crippen molar-refractivity contribution >= 4 is 29.4 Å². The zero-order valence-electron chi connectivity index (χ0n) is 20.3. The van der Waals surface area contributed by atoms with Crippen molar-refractivity contribution in [3.8, 4) is 11.4 Å². The van der Waals surface area contributed by atoms with Gasteiger partial charge in [-0.1, -0.05) is 12.1 Å². The minimum Gasteiger partial charge on any atom is -0.495 e.